The van der Waals surface area contributed by atoms with Gasteiger partial charge in [-0.2, -0.15) is 0 Å². The number of rotatable bonds is 5. The monoisotopic (exact) mass is 393 g/mol. The zero-order chi connectivity index (χ0) is 20.4. The molecule has 0 radical (unpaired) electrons. The summed E-state index contributed by atoms with van der Waals surface area (Å²) < 4.78 is 18.4. The second kappa shape index (κ2) is 7.87. The maximum Gasteiger partial charge on any atom is 0.279 e. The second-order valence-electron chi connectivity index (χ2n) is 7.04. The third kappa shape index (κ3) is 4.34. The quantitative estimate of drug-likeness (QED) is 0.651. The smallest absolute Gasteiger partial charge is 0.279 e. The van der Waals surface area contributed by atoms with Crippen LogP contribution in [0.1, 0.15) is 41.7 Å². The van der Waals surface area contributed by atoms with Crippen molar-refractivity contribution in [3.05, 3.63) is 71.7 Å². The number of pyridine rings is 1. The van der Waals surface area contributed by atoms with E-state index in [9.17, 15) is 14.0 Å². The first kappa shape index (κ1) is 18.9. The van der Waals surface area contributed by atoms with Crippen LogP contribution in [0.4, 0.5) is 4.39 Å². The van der Waals surface area contributed by atoms with Crippen LogP contribution < -0.4 is 15.6 Å². The van der Waals surface area contributed by atoms with E-state index in [0.717, 1.165) is 29.4 Å². The van der Waals surface area contributed by atoms with E-state index >= 15 is 0 Å². The molecule has 1 aliphatic rings. The molecule has 4 rings (SSSR count). The number of aromatic nitrogens is 1. The molecule has 0 saturated heterocycles. The first-order chi connectivity index (χ1) is 14.0. The van der Waals surface area contributed by atoms with Gasteiger partial charge in [-0.3, -0.25) is 25.4 Å². The van der Waals surface area contributed by atoms with E-state index in [1.54, 1.807) is 6.07 Å². The zero-order valence-electron chi connectivity index (χ0n) is 15.8. The number of nitrogens with zero attached hydrogens (tertiary/aromatic N) is 1. The fraction of sp³-hybridized carbons (Fsp3) is 0.227. The van der Waals surface area contributed by atoms with Gasteiger partial charge in [-0.05, 0) is 56.2 Å². The lowest BCUT2D eigenvalue weighted by Gasteiger charge is -2.16. The van der Waals surface area contributed by atoms with Gasteiger partial charge >= 0.3 is 0 Å². The average Bonchev–Trinajstić information content (AvgIpc) is 3.58. The number of halogens is 1. The van der Waals surface area contributed by atoms with Crippen molar-refractivity contribution in [3.8, 4) is 5.75 Å². The highest BCUT2D eigenvalue weighted by Gasteiger charge is 2.27. The molecule has 1 fully saturated rings. The van der Waals surface area contributed by atoms with Crippen molar-refractivity contribution in [3.63, 3.8) is 0 Å². The molecule has 29 heavy (non-hydrogen) atoms. The Morgan fingerprint density at radius 1 is 1.10 bits per heavy atom. The lowest BCUT2D eigenvalue weighted by Crippen LogP contribution is -2.47. The first-order valence-electron chi connectivity index (χ1n) is 9.43. The molecule has 0 spiro atoms. The van der Waals surface area contributed by atoms with Gasteiger partial charge in [0, 0.05) is 17.0 Å². The summed E-state index contributed by atoms with van der Waals surface area (Å²) in [6.07, 6.45) is 1.26. The third-order valence-corrected chi connectivity index (χ3v) is 4.77. The standard InChI is InChI=1S/C22H20FN3O3/c1-13(29-16-10-8-15(23)9-11-16)21(27)25-26-22(28)18-12-20(14-6-7-14)24-19-5-3-2-4-17(18)19/h2-5,8-14H,6-7H2,1H3,(H,25,27)(H,26,28)/t13-/m1/s1. The molecule has 1 aromatic heterocycles. The fourth-order valence-electron chi connectivity index (χ4n) is 3.03. The molecule has 0 bridgehead atoms. The molecule has 2 amide bonds. The Balaban J connectivity index is 1.44. The van der Waals surface area contributed by atoms with Crippen LogP contribution >= 0.6 is 0 Å². The molecule has 7 heteroatoms. The van der Waals surface area contributed by atoms with Gasteiger partial charge in [-0.15, -0.1) is 0 Å². The number of carbonyl (C=O) groups is 2. The first-order valence-corrected chi connectivity index (χ1v) is 9.43. The highest BCUT2D eigenvalue weighted by molar-refractivity contribution is 6.06. The summed E-state index contributed by atoms with van der Waals surface area (Å²) in [5.74, 6) is -0.590. The van der Waals surface area contributed by atoms with Gasteiger partial charge in [0.05, 0.1) is 11.1 Å². The number of hydrogen-bond donors (Lipinski definition) is 2. The normalized spacial score (nSPS) is 14.3. The van der Waals surface area contributed by atoms with Crippen LogP contribution in [0.3, 0.4) is 0 Å². The molecular weight excluding hydrogens is 373 g/mol. The van der Waals surface area contributed by atoms with Crippen molar-refractivity contribution in [2.75, 3.05) is 0 Å². The maximum atomic E-state index is 13.0. The zero-order valence-corrected chi connectivity index (χ0v) is 15.8. The van der Waals surface area contributed by atoms with Crippen LogP contribution in [-0.2, 0) is 4.79 Å². The number of ether oxygens (including phenoxy) is 1. The molecule has 0 aliphatic heterocycles. The third-order valence-electron chi connectivity index (χ3n) is 4.77. The molecule has 0 unspecified atom stereocenters. The molecule has 2 N–H and O–H groups in total. The summed E-state index contributed by atoms with van der Waals surface area (Å²) >= 11 is 0. The molecule has 1 heterocycles. The van der Waals surface area contributed by atoms with Crippen molar-refractivity contribution in [1.29, 1.82) is 0 Å². The summed E-state index contributed by atoms with van der Waals surface area (Å²) in [5, 5.41) is 0.722. The molecule has 3 aromatic rings. The van der Waals surface area contributed by atoms with E-state index in [4.69, 9.17) is 4.74 Å². The number of fused-ring (bicyclic) bond motifs is 1. The van der Waals surface area contributed by atoms with Crippen molar-refractivity contribution in [1.82, 2.24) is 15.8 Å². The predicted molar refractivity (Wildman–Crippen MR) is 106 cm³/mol. The topological polar surface area (TPSA) is 80.3 Å². The van der Waals surface area contributed by atoms with Gasteiger partial charge in [0.2, 0.25) is 0 Å². The molecule has 2 aromatic carbocycles. The van der Waals surface area contributed by atoms with E-state index in [-0.39, 0.29) is 0 Å². The van der Waals surface area contributed by atoms with Gasteiger partial charge in [0.25, 0.3) is 11.8 Å². The van der Waals surface area contributed by atoms with Crippen molar-refractivity contribution in [2.24, 2.45) is 0 Å². The maximum absolute atomic E-state index is 13.0. The largest absolute Gasteiger partial charge is 0.481 e. The molecule has 1 saturated carbocycles. The average molecular weight is 393 g/mol. The molecule has 148 valence electrons. The Hall–Kier alpha value is -3.48. The number of nitrogens with one attached hydrogen (secondary N) is 2. The van der Waals surface area contributed by atoms with Crippen molar-refractivity contribution >= 4 is 22.7 Å². The minimum absolute atomic E-state index is 0.356. The predicted octanol–water partition coefficient (Wildman–Crippen LogP) is 3.48. The van der Waals surface area contributed by atoms with Crippen LogP contribution in [0.5, 0.6) is 5.75 Å². The number of benzene rings is 2. The van der Waals surface area contributed by atoms with E-state index in [2.05, 4.69) is 15.8 Å². The summed E-state index contributed by atoms with van der Waals surface area (Å²) in [5.41, 5.74) is 6.94. The Labute approximate surface area is 167 Å². The van der Waals surface area contributed by atoms with E-state index in [1.165, 1.54) is 31.2 Å². The lowest BCUT2D eigenvalue weighted by atomic mass is 10.1. The summed E-state index contributed by atoms with van der Waals surface area (Å²) in [7, 11) is 0. The number of amides is 2. The van der Waals surface area contributed by atoms with E-state index in [1.807, 2.05) is 24.3 Å². The number of hydrazine groups is 1. The summed E-state index contributed by atoms with van der Waals surface area (Å²) in [6, 6.07) is 14.6. The van der Waals surface area contributed by atoms with Gasteiger partial charge < -0.3 is 4.74 Å². The molecule has 6 nitrogen and oxygen atoms in total. The van der Waals surface area contributed by atoms with Gasteiger partial charge in [-0.25, -0.2) is 4.39 Å². The minimum atomic E-state index is -0.878. The van der Waals surface area contributed by atoms with Crippen LogP contribution in [0.15, 0.2) is 54.6 Å². The Kier molecular flexibility index (Phi) is 5.12. The highest BCUT2D eigenvalue weighted by atomic mass is 19.1. The van der Waals surface area contributed by atoms with Crippen LogP contribution in [0.2, 0.25) is 0 Å². The van der Waals surface area contributed by atoms with Gasteiger partial charge in [0.15, 0.2) is 6.10 Å². The number of para-hydroxylation sites is 1. The van der Waals surface area contributed by atoms with Crippen LogP contribution in [0.25, 0.3) is 10.9 Å². The van der Waals surface area contributed by atoms with Gasteiger partial charge in [-0.1, -0.05) is 18.2 Å². The Morgan fingerprint density at radius 3 is 2.55 bits per heavy atom. The molecule has 1 atom stereocenters. The van der Waals surface area contributed by atoms with E-state index in [0.29, 0.717) is 17.2 Å². The SMILES string of the molecule is C[C@@H](Oc1ccc(F)cc1)C(=O)NNC(=O)c1cc(C2CC2)nc2ccccc12. The van der Waals surface area contributed by atoms with Gasteiger partial charge in [0.1, 0.15) is 11.6 Å². The van der Waals surface area contributed by atoms with E-state index < -0.39 is 23.7 Å². The fourth-order valence-corrected chi connectivity index (χ4v) is 3.03. The van der Waals surface area contributed by atoms with Crippen molar-refractivity contribution in [2.45, 2.75) is 31.8 Å². The minimum Gasteiger partial charge on any atom is -0.481 e. The molecule has 1 aliphatic carbocycles. The van der Waals surface area contributed by atoms with Crippen LogP contribution in [-0.4, -0.2) is 22.9 Å². The summed E-state index contributed by atoms with van der Waals surface area (Å²) in [4.78, 5) is 29.6. The number of carbonyl (C=O) groups excluding carboxylic acids is 2. The summed E-state index contributed by atoms with van der Waals surface area (Å²) in [6.45, 7) is 1.54. The highest BCUT2D eigenvalue weighted by Crippen LogP contribution is 2.40. The molecular formula is C22H20FN3O3. The Morgan fingerprint density at radius 2 is 1.83 bits per heavy atom. The van der Waals surface area contributed by atoms with Crippen molar-refractivity contribution < 1.29 is 18.7 Å². The lowest BCUT2D eigenvalue weighted by molar-refractivity contribution is -0.128. The number of hydrogen-bond acceptors (Lipinski definition) is 4. The second-order valence-corrected chi connectivity index (χ2v) is 7.04. The Bertz CT molecular complexity index is 1060. The van der Waals surface area contributed by atoms with Crippen LogP contribution in [0, 0.1) is 5.82 Å².